The maximum absolute atomic E-state index is 11.8. The monoisotopic (exact) mass is 250 g/mol. The maximum atomic E-state index is 11.8. The lowest BCUT2D eigenvalue weighted by Crippen LogP contribution is -2.21. The Balaban J connectivity index is 2.40. The van der Waals surface area contributed by atoms with Gasteiger partial charge in [0, 0.05) is 16.9 Å². The van der Waals surface area contributed by atoms with Gasteiger partial charge in [0.1, 0.15) is 0 Å². The van der Waals surface area contributed by atoms with Crippen LogP contribution in [0.5, 0.6) is 0 Å². The smallest absolute Gasteiger partial charge is 0.422 e. The summed E-state index contributed by atoms with van der Waals surface area (Å²) in [6.45, 7) is 1.82. The van der Waals surface area contributed by atoms with Gasteiger partial charge >= 0.3 is 12.1 Å². The molecular formula is C10H9F3O2S. The Morgan fingerprint density at radius 1 is 1.50 bits per heavy atom. The van der Waals surface area contributed by atoms with Gasteiger partial charge in [-0.1, -0.05) is 12.6 Å². The van der Waals surface area contributed by atoms with Gasteiger partial charge < -0.3 is 4.74 Å². The van der Waals surface area contributed by atoms with Crippen molar-refractivity contribution in [3.63, 3.8) is 0 Å². The molecule has 0 N–H and O–H groups in total. The van der Waals surface area contributed by atoms with Crippen molar-refractivity contribution in [3.05, 3.63) is 34.5 Å². The number of thiophene rings is 1. The summed E-state index contributed by atoms with van der Waals surface area (Å²) in [6, 6.07) is 3.56. The molecule has 0 saturated carbocycles. The normalized spacial score (nSPS) is 11.2. The number of alkyl halides is 3. The first kappa shape index (κ1) is 12.8. The van der Waals surface area contributed by atoms with Gasteiger partial charge in [-0.25, -0.2) is 4.79 Å². The second kappa shape index (κ2) is 5.16. The van der Waals surface area contributed by atoms with E-state index < -0.39 is 18.8 Å². The molecule has 6 heteroatoms. The van der Waals surface area contributed by atoms with Crippen molar-refractivity contribution in [1.29, 1.82) is 0 Å². The number of carbonyl (C=O) groups is 1. The highest BCUT2D eigenvalue weighted by Crippen LogP contribution is 2.17. The van der Waals surface area contributed by atoms with E-state index in [2.05, 4.69) is 11.3 Å². The largest absolute Gasteiger partial charge is 0.453 e. The van der Waals surface area contributed by atoms with Gasteiger partial charge in [-0.2, -0.15) is 13.2 Å². The third kappa shape index (κ3) is 4.48. The zero-order valence-electron chi connectivity index (χ0n) is 8.21. The topological polar surface area (TPSA) is 26.3 Å². The van der Waals surface area contributed by atoms with Gasteiger partial charge in [-0.15, -0.1) is 11.3 Å². The van der Waals surface area contributed by atoms with Gasteiger partial charge in [-0.3, -0.25) is 0 Å². The summed E-state index contributed by atoms with van der Waals surface area (Å²) < 4.78 is 39.3. The van der Waals surface area contributed by atoms with Crippen LogP contribution in [0.2, 0.25) is 0 Å². The van der Waals surface area contributed by atoms with Crippen molar-refractivity contribution in [2.75, 3.05) is 6.61 Å². The zero-order valence-corrected chi connectivity index (χ0v) is 9.03. The number of carbonyl (C=O) groups excluding carboxylic acids is 1. The Morgan fingerprint density at radius 2 is 2.19 bits per heavy atom. The fourth-order valence-corrected chi connectivity index (χ4v) is 1.69. The molecule has 0 atom stereocenters. The molecule has 1 aromatic rings. The predicted molar refractivity (Wildman–Crippen MR) is 54.2 cm³/mol. The molecule has 0 aliphatic carbocycles. The number of halogens is 3. The van der Waals surface area contributed by atoms with Gasteiger partial charge in [0.05, 0.1) is 0 Å². The number of hydrogen-bond acceptors (Lipinski definition) is 3. The van der Waals surface area contributed by atoms with Crippen molar-refractivity contribution in [1.82, 2.24) is 0 Å². The second-order valence-electron chi connectivity index (χ2n) is 3.05. The van der Waals surface area contributed by atoms with E-state index in [1.807, 2.05) is 5.38 Å². The van der Waals surface area contributed by atoms with Crippen LogP contribution < -0.4 is 0 Å². The van der Waals surface area contributed by atoms with E-state index in [1.165, 1.54) is 11.3 Å². The van der Waals surface area contributed by atoms with Crippen molar-refractivity contribution < 1.29 is 22.7 Å². The van der Waals surface area contributed by atoms with Crippen LogP contribution in [-0.2, 0) is 16.0 Å². The first-order valence-corrected chi connectivity index (χ1v) is 5.20. The van der Waals surface area contributed by atoms with Crippen LogP contribution in [0.3, 0.4) is 0 Å². The van der Waals surface area contributed by atoms with Crippen LogP contribution in [0.25, 0.3) is 0 Å². The van der Waals surface area contributed by atoms with E-state index in [9.17, 15) is 18.0 Å². The maximum Gasteiger partial charge on any atom is 0.422 e. The molecule has 1 heterocycles. The summed E-state index contributed by atoms with van der Waals surface area (Å²) >= 11 is 1.40. The molecular weight excluding hydrogens is 241 g/mol. The van der Waals surface area contributed by atoms with Crippen LogP contribution >= 0.6 is 11.3 Å². The molecule has 0 aliphatic rings. The molecule has 2 nitrogen and oxygen atoms in total. The molecule has 0 amide bonds. The van der Waals surface area contributed by atoms with Crippen LogP contribution in [-0.4, -0.2) is 18.8 Å². The number of rotatable bonds is 4. The standard InChI is InChI=1S/C10H9F3O2S/c1-7(5-8-3-2-4-16-8)9(14)15-6-10(11,12)13/h2-4H,1,5-6H2. The predicted octanol–water partition coefficient (Wildman–Crippen LogP) is 2.95. The summed E-state index contributed by atoms with van der Waals surface area (Å²) in [4.78, 5) is 12.0. The minimum absolute atomic E-state index is 0.0201. The highest BCUT2D eigenvalue weighted by Gasteiger charge is 2.29. The zero-order chi connectivity index (χ0) is 12.2. The van der Waals surface area contributed by atoms with Crippen molar-refractivity contribution in [3.8, 4) is 0 Å². The number of esters is 1. The molecule has 0 unspecified atom stereocenters. The van der Waals surface area contributed by atoms with Crippen LogP contribution in [0.1, 0.15) is 4.88 Å². The summed E-state index contributed by atoms with van der Waals surface area (Å²) in [7, 11) is 0. The summed E-state index contributed by atoms with van der Waals surface area (Å²) in [5.41, 5.74) is 0.0201. The summed E-state index contributed by atoms with van der Waals surface area (Å²) in [5.74, 6) is -1.01. The Bertz CT molecular complexity index is 368. The van der Waals surface area contributed by atoms with Crippen molar-refractivity contribution in [2.45, 2.75) is 12.6 Å². The number of ether oxygens (including phenoxy) is 1. The lowest BCUT2D eigenvalue weighted by Gasteiger charge is -2.08. The first-order chi connectivity index (χ1) is 7.38. The fraction of sp³-hybridized carbons (Fsp3) is 0.300. The average Bonchev–Trinajstić information content (AvgIpc) is 2.65. The van der Waals surface area contributed by atoms with Crippen LogP contribution in [0.4, 0.5) is 13.2 Å². The van der Waals surface area contributed by atoms with Gasteiger partial charge in [0.2, 0.25) is 0 Å². The van der Waals surface area contributed by atoms with Crippen LogP contribution in [0, 0.1) is 0 Å². The molecule has 1 aromatic heterocycles. The number of hydrogen-bond donors (Lipinski definition) is 0. The minimum atomic E-state index is -4.50. The Labute approximate surface area is 94.3 Å². The van der Waals surface area contributed by atoms with E-state index in [1.54, 1.807) is 12.1 Å². The first-order valence-electron chi connectivity index (χ1n) is 4.32. The quantitative estimate of drug-likeness (QED) is 0.606. The molecule has 0 bridgehead atoms. The molecule has 0 fully saturated rings. The molecule has 0 aliphatic heterocycles. The molecule has 1 rings (SSSR count). The SMILES string of the molecule is C=C(Cc1cccs1)C(=O)OCC(F)(F)F. The average molecular weight is 250 g/mol. The lowest BCUT2D eigenvalue weighted by molar-refractivity contribution is -0.183. The third-order valence-corrected chi connectivity index (χ3v) is 2.50. The molecule has 0 saturated heterocycles. The molecule has 0 spiro atoms. The highest BCUT2D eigenvalue weighted by molar-refractivity contribution is 7.09. The van der Waals surface area contributed by atoms with E-state index in [4.69, 9.17) is 0 Å². The lowest BCUT2D eigenvalue weighted by atomic mass is 10.2. The molecule has 0 aromatic carbocycles. The van der Waals surface area contributed by atoms with E-state index in [0.29, 0.717) is 0 Å². The van der Waals surface area contributed by atoms with Crippen LogP contribution in [0.15, 0.2) is 29.7 Å². The Morgan fingerprint density at radius 3 is 2.69 bits per heavy atom. The van der Waals surface area contributed by atoms with Gasteiger partial charge in [-0.05, 0) is 11.4 Å². The minimum Gasteiger partial charge on any atom is -0.453 e. The van der Waals surface area contributed by atoms with Gasteiger partial charge in [0.15, 0.2) is 6.61 Å². The molecule has 88 valence electrons. The fourth-order valence-electron chi connectivity index (χ4n) is 0.945. The summed E-state index contributed by atoms with van der Waals surface area (Å²) in [5, 5.41) is 1.81. The Kier molecular flexibility index (Phi) is 4.12. The summed E-state index contributed by atoms with van der Waals surface area (Å²) in [6.07, 6.45) is -4.28. The second-order valence-corrected chi connectivity index (χ2v) is 4.08. The van der Waals surface area contributed by atoms with E-state index in [-0.39, 0.29) is 12.0 Å². The van der Waals surface area contributed by atoms with Crippen molar-refractivity contribution >= 4 is 17.3 Å². The van der Waals surface area contributed by atoms with E-state index in [0.717, 1.165) is 4.88 Å². The Hall–Kier alpha value is -1.30. The van der Waals surface area contributed by atoms with Gasteiger partial charge in [0.25, 0.3) is 0 Å². The third-order valence-electron chi connectivity index (χ3n) is 1.62. The molecule has 0 radical (unpaired) electrons. The van der Waals surface area contributed by atoms with E-state index >= 15 is 0 Å². The van der Waals surface area contributed by atoms with Crippen molar-refractivity contribution in [2.24, 2.45) is 0 Å². The highest BCUT2D eigenvalue weighted by atomic mass is 32.1. The molecule has 16 heavy (non-hydrogen) atoms.